The van der Waals surface area contributed by atoms with Gasteiger partial charge in [0.2, 0.25) is 17.7 Å². The number of hydrogen-bond donors (Lipinski definition) is 1. The van der Waals surface area contributed by atoms with Gasteiger partial charge in [0.25, 0.3) is 0 Å². The van der Waals surface area contributed by atoms with E-state index in [0.717, 1.165) is 38.0 Å². The number of nitrogens with one attached hydrogen (secondary N) is 1. The second kappa shape index (κ2) is 7.17. The van der Waals surface area contributed by atoms with Gasteiger partial charge in [-0.3, -0.25) is 4.79 Å². The minimum atomic E-state index is 0.282. The number of benzene rings is 1. The molecular weight excluding hydrogens is 280 g/mol. The molecule has 1 aliphatic rings. The Balaban J connectivity index is 1.39. The van der Waals surface area contributed by atoms with Crippen LogP contribution in [-0.2, 0) is 11.3 Å². The van der Waals surface area contributed by atoms with Crippen molar-refractivity contribution in [3.8, 4) is 11.5 Å². The molecule has 0 saturated carbocycles. The molecule has 6 heteroatoms. The average Bonchev–Trinajstić information content (AvgIpc) is 3.17. The van der Waals surface area contributed by atoms with Gasteiger partial charge in [0, 0.05) is 25.1 Å². The highest BCUT2D eigenvalue weighted by Gasteiger charge is 2.18. The van der Waals surface area contributed by atoms with Crippen molar-refractivity contribution < 1.29 is 9.21 Å². The van der Waals surface area contributed by atoms with E-state index in [4.69, 9.17) is 4.42 Å². The third-order valence-corrected chi connectivity index (χ3v) is 3.72. The molecular formula is C16H20N4O2. The summed E-state index contributed by atoms with van der Waals surface area (Å²) >= 11 is 0. The topological polar surface area (TPSA) is 71.3 Å². The first-order valence-corrected chi connectivity index (χ1v) is 7.69. The molecule has 116 valence electrons. The maximum Gasteiger partial charge on any atom is 0.247 e. The van der Waals surface area contributed by atoms with Gasteiger partial charge in [0.15, 0.2) is 0 Å². The molecule has 2 heterocycles. The van der Waals surface area contributed by atoms with Gasteiger partial charge < -0.3 is 14.6 Å². The number of amides is 1. The van der Waals surface area contributed by atoms with Crippen LogP contribution in [-0.4, -0.2) is 40.6 Å². The van der Waals surface area contributed by atoms with Gasteiger partial charge in [-0.05, 0) is 31.5 Å². The van der Waals surface area contributed by atoms with E-state index in [-0.39, 0.29) is 5.91 Å². The SMILES string of the molecule is O=C1CCCN1CCCNCc1nnc(-c2ccccc2)o1. The Labute approximate surface area is 129 Å². The van der Waals surface area contributed by atoms with Crippen molar-refractivity contribution >= 4 is 5.91 Å². The number of aromatic nitrogens is 2. The van der Waals surface area contributed by atoms with Crippen molar-refractivity contribution in [3.63, 3.8) is 0 Å². The molecule has 1 fully saturated rings. The van der Waals surface area contributed by atoms with E-state index in [9.17, 15) is 4.79 Å². The number of carbonyl (C=O) groups is 1. The average molecular weight is 300 g/mol. The quantitative estimate of drug-likeness (QED) is 0.790. The molecule has 0 radical (unpaired) electrons. The van der Waals surface area contributed by atoms with Crippen molar-refractivity contribution in [2.45, 2.75) is 25.8 Å². The zero-order chi connectivity index (χ0) is 15.2. The van der Waals surface area contributed by atoms with Gasteiger partial charge >= 0.3 is 0 Å². The monoisotopic (exact) mass is 300 g/mol. The van der Waals surface area contributed by atoms with E-state index in [0.29, 0.717) is 24.7 Å². The van der Waals surface area contributed by atoms with E-state index < -0.39 is 0 Å². The molecule has 2 aromatic rings. The number of hydrogen-bond acceptors (Lipinski definition) is 5. The van der Waals surface area contributed by atoms with Gasteiger partial charge in [-0.1, -0.05) is 18.2 Å². The lowest BCUT2D eigenvalue weighted by Gasteiger charge is -2.14. The smallest absolute Gasteiger partial charge is 0.247 e. The normalized spacial score (nSPS) is 14.7. The first-order chi connectivity index (χ1) is 10.8. The van der Waals surface area contributed by atoms with Crippen LogP contribution in [0.15, 0.2) is 34.7 Å². The van der Waals surface area contributed by atoms with E-state index in [1.807, 2.05) is 35.2 Å². The summed E-state index contributed by atoms with van der Waals surface area (Å²) in [6.07, 6.45) is 2.64. The summed E-state index contributed by atoms with van der Waals surface area (Å²) in [6.45, 7) is 3.11. The minimum absolute atomic E-state index is 0.282. The van der Waals surface area contributed by atoms with Gasteiger partial charge in [-0.2, -0.15) is 0 Å². The van der Waals surface area contributed by atoms with Crippen molar-refractivity contribution in [3.05, 3.63) is 36.2 Å². The van der Waals surface area contributed by atoms with Gasteiger partial charge in [-0.25, -0.2) is 0 Å². The zero-order valence-corrected chi connectivity index (χ0v) is 12.5. The number of nitrogens with zero attached hydrogens (tertiary/aromatic N) is 3. The third-order valence-electron chi connectivity index (χ3n) is 3.72. The summed E-state index contributed by atoms with van der Waals surface area (Å²) in [4.78, 5) is 13.4. The van der Waals surface area contributed by atoms with E-state index in [2.05, 4.69) is 15.5 Å². The second-order valence-electron chi connectivity index (χ2n) is 5.38. The molecule has 3 rings (SSSR count). The Morgan fingerprint density at radius 2 is 2.09 bits per heavy atom. The van der Waals surface area contributed by atoms with Crippen molar-refractivity contribution in [2.75, 3.05) is 19.6 Å². The fraction of sp³-hybridized carbons (Fsp3) is 0.438. The summed E-state index contributed by atoms with van der Waals surface area (Å²) in [5.74, 6) is 1.40. The van der Waals surface area contributed by atoms with Gasteiger partial charge in [0.1, 0.15) is 0 Å². The molecule has 0 bridgehead atoms. The Hall–Kier alpha value is -2.21. The fourth-order valence-electron chi connectivity index (χ4n) is 2.55. The zero-order valence-electron chi connectivity index (χ0n) is 12.5. The highest BCUT2D eigenvalue weighted by atomic mass is 16.4. The number of rotatable bonds is 7. The summed E-state index contributed by atoms with van der Waals surface area (Å²) in [5.41, 5.74) is 0.925. The highest BCUT2D eigenvalue weighted by Crippen LogP contribution is 2.16. The lowest BCUT2D eigenvalue weighted by Crippen LogP contribution is -2.28. The van der Waals surface area contributed by atoms with Crippen molar-refractivity contribution in [2.24, 2.45) is 0 Å². The molecule has 0 spiro atoms. The van der Waals surface area contributed by atoms with Crippen LogP contribution >= 0.6 is 0 Å². The summed E-state index contributed by atoms with van der Waals surface area (Å²) in [7, 11) is 0. The third kappa shape index (κ3) is 3.71. The van der Waals surface area contributed by atoms with E-state index >= 15 is 0 Å². The molecule has 0 atom stereocenters. The maximum absolute atomic E-state index is 11.5. The van der Waals surface area contributed by atoms with Gasteiger partial charge in [-0.15, -0.1) is 10.2 Å². The molecule has 1 amide bonds. The Kier molecular flexibility index (Phi) is 4.80. The molecule has 1 N–H and O–H groups in total. The molecule has 6 nitrogen and oxygen atoms in total. The van der Waals surface area contributed by atoms with Crippen LogP contribution in [0.5, 0.6) is 0 Å². The Bertz CT molecular complexity index is 612. The molecule has 22 heavy (non-hydrogen) atoms. The first kappa shape index (κ1) is 14.7. The van der Waals surface area contributed by atoms with E-state index in [1.54, 1.807) is 0 Å². The molecule has 1 aliphatic heterocycles. The largest absolute Gasteiger partial charge is 0.419 e. The van der Waals surface area contributed by atoms with Crippen LogP contribution in [0, 0.1) is 0 Å². The molecule has 1 saturated heterocycles. The summed E-state index contributed by atoms with van der Waals surface area (Å²) < 4.78 is 5.62. The second-order valence-corrected chi connectivity index (χ2v) is 5.38. The van der Waals surface area contributed by atoms with Crippen molar-refractivity contribution in [1.82, 2.24) is 20.4 Å². The molecule has 1 aromatic heterocycles. The Morgan fingerprint density at radius 3 is 2.86 bits per heavy atom. The summed E-state index contributed by atoms with van der Waals surface area (Å²) in [5, 5.41) is 11.4. The Morgan fingerprint density at radius 1 is 1.23 bits per heavy atom. The maximum atomic E-state index is 11.5. The van der Waals surface area contributed by atoms with E-state index in [1.165, 1.54) is 0 Å². The molecule has 1 aromatic carbocycles. The molecule has 0 unspecified atom stereocenters. The number of likely N-dealkylation sites (tertiary alicyclic amines) is 1. The van der Waals surface area contributed by atoms with Crippen LogP contribution in [0.4, 0.5) is 0 Å². The van der Waals surface area contributed by atoms with Crippen LogP contribution in [0.1, 0.15) is 25.2 Å². The number of carbonyl (C=O) groups excluding carboxylic acids is 1. The van der Waals surface area contributed by atoms with Crippen LogP contribution in [0.25, 0.3) is 11.5 Å². The van der Waals surface area contributed by atoms with Crippen LogP contribution < -0.4 is 5.32 Å². The predicted octanol–water partition coefficient (Wildman–Crippen LogP) is 1.84. The fourth-order valence-corrected chi connectivity index (χ4v) is 2.55. The molecule has 0 aliphatic carbocycles. The minimum Gasteiger partial charge on any atom is -0.419 e. The van der Waals surface area contributed by atoms with Crippen LogP contribution in [0.2, 0.25) is 0 Å². The van der Waals surface area contributed by atoms with Crippen molar-refractivity contribution in [1.29, 1.82) is 0 Å². The van der Waals surface area contributed by atoms with Gasteiger partial charge in [0.05, 0.1) is 6.54 Å². The lowest BCUT2D eigenvalue weighted by molar-refractivity contribution is -0.127. The highest BCUT2D eigenvalue weighted by molar-refractivity contribution is 5.77. The first-order valence-electron chi connectivity index (χ1n) is 7.69. The summed E-state index contributed by atoms with van der Waals surface area (Å²) in [6, 6.07) is 9.72. The lowest BCUT2D eigenvalue weighted by atomic mass is 10.2. The standard InChI is InChI=1S/C16H20N4O2/c21-15-8-4-10-20(15)11-5-9-17-12-14-18-19-16(22-14)13-6-2-1-3-7-13/h1-3,6-7,17H,4-5,8-12H2. The predicted molar refractivity (Wildman–Crippen MR) is 81.9 cm³/mol. The van der Waals surface area contributed by atoms with Crippen LogP contribution in [0.3, 0.4) is 0 Å².